The van der Waals surface area contributed by atoms with E-state index in [0.29, 0.717) is 31.9 Å². The first kappa shape index (κ1) is 22.4. The summed E-state index contributed by atoms with van der Waals surface area (Å²) < 4.78 is 48.2. The molecule has 174 valence electrons. The van der Waals surface area contributed by atoms with Gasteiger partial charge in [-0.25, -0.2) is 9.36 Å². The van der Waals surface area contributed by atoms with E-state index in [1.165, 1.54) is 29.1 Å². The van der Waals surface area contributed by atoms with Crippen molar-refractivity contribution in [2.75, 3.05) is 26.3 Å². The smallest absolute Gasteiger partial charge is 0.493 e. The number of morpholine rings is 1. The molecule has 1 saturated heterocycles. The Balaban J connectivity index is 1.54. The molecule has 33 heavy (non-hydrogen) atoms. The third kappa shape index (κ3) is 5.17. The Bertz CT molecular complexity index is 1200. The SMILES string of the molecule is O=C(c1cc(Cn2cc(O)n(-c3ccc(OC(F)(F)F)cc3)c2=O)ccn1)N1CCOCC1. The summed E-state index contributed by atoms with van der Waals surface area (Å²) in [4.78, 5) is 31.2. The molecular formula is C21H19F3N4O5. The summed E-state index contributed by atoms with van der Waals surface area (Å²) in [6.45, 7) is 1.88. The first-order chi connectivity index (χ1) is 15.7. The van der Waals surface area contributed by atoms with Crippen LogP contribution < -0.4 is 10.4 Å². The zero-order valence-corrected chi connectivity index (χ0v) is 17.2. The molecule has 1 aromatic carbocycles. The third-order valence-electron chi connectivity index (χ3n) is 4.96. The Hall–Kier alpha value is -3.80. The maximum absolute atomic E-state index is 12.8. The minimum atomic E-state index is -4.84. The van der Waals surface area contributed by atoms with Crippen LogP contribution in [0.3, 0.4) is 0 Å². The molecule has 1 amide bonds. The average Bonchev–Trinajstić information content (AvgIpc) is 3.06. The number of imidazole rings is 1. The molecule has 1 aliphatic rings. The fourth-order valence-corrected chi connectivity index (χ4v) is 3.45. The molecule has 1 fully saturated rings. The van der Waals surface area contributed by atoms with Crippen LogP contribution in [0, 0.1) is 0 Å². The molecule has 0 spiro atoms. The molecular weight excluding hydrogens is 445 g/mol. The van der Waals surface area contributed by atoms with Crippen LogP contribution in [0.15, 0.2) is 53.6 Å². The van der Waals surface area contributed by atoms with Gasteiger partial charge in [0.05, 0.1) is 31.6 Å². The Morgan fingerprint density at radius 1 is 1.15 bits per heavy atom. The molecule has 0 aliphatic carbocycles. The normalized spacial score (nSPS) is 14.3. The van der Waals surface area contributed by atoms with Crippen LogP contribution in [0.2, 0.25) is 0 Å². The van der Waals surface area contributed by atoms with Gasteiger partial charge < -0.3 is 19.5 Å². The van der Waals surface area contributed by atoms with E-state index in [4.69, 9.17) is 4.74 Å². The topological polar surface area (TPSA) is 98.8 Å². The van der Waals surface area contributed by atoms with Gasteiger partial charge in [-0.1, -0.05) is 0 Å². The number of alkyl halides is 3. The lowest BCUT2D eigenvalue weighted by molar-refractivity contribution is -0.274. The van der Waals surface area contributed by atoms with Crippen LogP contribution in [0.5, 0.6) is 11.6 Å². The van der Waals surface area contributed by atoms with Gasteiger partial charge in [0.15, 0.2) is 0 Å². The number of rotatable bonds is 5. The summed E-state index contributed by atoms with van der Waals surface area (Å²) >= 11 is 0. The largest absolute Gasteiger partial charge is 0.573 e. The van der Waals surface area contributed by atoms with Crippen molar-refractivity contribution in [3.63, 3.8) is 0 Å². The van der Waals surface area contributed by atoms with Crippen molar-refractivity contribution in [3.05, 3.63) is 70.5 Å². The molecule has 0 bridgehead atoms. The summed E-state index contributed by atoms with van der Waals surface area (Å²) in [6, 6.07) is 7.73. The first-order valence-electron chi connectivity index (χ1n) is 9.90. The quantitative estimate of drug-likeness (QED) is 0.622. The fraction of sp³-hybridized carbons (Fsp3) is 0.286. The zero-order valence-electron chi connectivity index (χ0n) is 17.2. The van der Waals surface area contributed by atoms with Gasteiger partial charge in [0.25, 0.3) is 5.91 Å². The number of hydrogen-bond acceptors (Lipinski definition) is 6. The first-order valence-corrected chi connectivity index (χ1v) is 9.90. The minimum absolute atomic E-state index is 0.0422. The summed E-state index contributed by atoms with van der Waals surface area (Å²) in [5, 5.41) is 10.3. The Morgan fingerprint density at radius 2 is 1.85 bits per heavy atom. The number of aromatic nitrogens is 3. The summed E-state index contributed by atoms with van der Waals surface area (Å²) in [6.07, 6.45) is -2.17. The molecule has 1 aliphatic heterocycles. The number of carbonyl (C=O) groups excluding carboxylic acids is 1. The Labute approximate surface area is 185 Å². The van der Waals surface area contributed by atoms with Crippen molar-refractivity contribution in [2.45, 2.75) is 12.9 Å². The van der Waals surface area contributed by atoms with E-state index in [0.717, 1.165) is 16.7 Å². The van der Waals surface area contributed by atoms with Crippen molar-refractivity contribution in [3.8, 4) is 17.3 Å². The molecule has 1 N–H and O–H groups in total. The lowest BCUT2D eigenvalue weighted by Gasteiger charge is -2.26. The molecule has 0 radical (unpaired) electrons. The number of benzene rings is 1. The average molecular weight is 464 g/mol. The Morgan fingerprint density at radius 3 is 2.52 bits per heavy atom. The predicted octanol–water partition coefficient (Wildman–Crippen LogP) is 2.16. The highest BCUT2D eigenvalue weighted by Crippen LogP contribution is 2.24. The lowest BCUT2D eigenvalue weighted by atomic mass is 10.2. The molecule has 2 aromatic heterocycles. The highest BCUT2D eigenvalue weighted by molar-refractivity contribution is 5.92. The van der Waals surface area contributed by atoms with Gasteiger partial charge in [-0.3, -0.25) is 14.3 Å². The maximum Gasteiger partial charge on any atom is 0.573 e. The van der Waals surface area contributed by atoms with Gasteiger partial charge in [0, 0.05) is 19.3 Å². The van der Waals surface area contributed by atoms with Gasteiger partial charge in [-0.2, -0.15) is 0 Å². The van der Waals surface area contributed by atoms with E-state index in [9.17, 15) is 27.9 Å². The van der Waals surface area contributed by atoms with Gasteiger partial charge in [-0.05, 0) is 42.0 Å². The van der Waals surface area contributed by atoms with Crippen molar-refractivity contribution in [2.24, 2.45) is 0 Å². The second-order valence-electron chi connectivity index (χ2n) is 7.23. The van der Waals surface area contributed by atoms with Crippen LogP contribution >= 0.6 is 0 Å². The molecule has 3 heterocycles. The van der Waals surface area contributed by atoms with Crippen LogP contribution in [-0.4, -0.2) is 62.7 Å². The van der Waals surface area contributed by atoms with Crippen molar-refractivity contribution in [1.29, 1.82) is 0 Å². The number of nitrogens with zero attached hydrogens (tertiary/aromatic N) is 4. The van der Waals surface area contributed by atoms with Gasteiger partial charge in [-0.15, -0.1) is 13.2 Å². The van der Waals surface area contributed by atoms with Gasteiger partial charge in [0.2, 0.25) is 5.88 Å². The van der Waals surface area contributed by atoms with Crippen LogP contribution in [0.25, 0.3) is 5.69 Å². The number of aromatic hydroxyl groups is 1. The number of ether oxygens (including phenoxy) is 2. The van der Waals surface area contributed by atoms with E-state index >= 15 is 0 Å². The molecule has 4 rings (SSSR count). The predicted molar refractivity (Wildman–Crippen MR) is 108 cm³/mol. The van der Waals surface area contributed by atoms with E-state index < -0.39 is 23.7 Å². The molecule has 9 nitrogen and oxygen atoms in total. The second kappa shape index (κ2) is 8.98. The monoisotopic (exact) mass is 464 g/mol. The summed E-state index contributed by atoms with van der Waals surface area (Å²) in [7, 11) is 0. The van der Waals surface area contributed by atoms with Gasteiger partial charge in [0.1, 0.15) is 11.4 Å². The minimum Gasteiger partial charge on any atom is -0.493 e. The number of hydrogen-bond donors (Lipinski definition) is 1. The molecule has 0 unspecified atom stereocenters. The van der Waals surface area contributed by atoms with E-state index in [2.05, 4.69) is 9.72 Å². The summed E-state index contributed by atoms with van der Waals surface area (Å²) in [5.74, 6) is -1.09. The van der Waals surface area contributed by atoms with Gasteiger partial charge >= 0.3 is 12.1 Å². The molecule has 0 atom stereocenters. The van der Waals surface area contributed by atoms with Crippen molar-refractivity contribution in [1.82, 2.24) is 19.0 Å². The van der Waals surface area contributed by atoms with E-state index in [1.807, 2.05) is 0 Å². The second-order valence-corrected chi connectivity index (χ2v) is 7.23. The standard InChI is InChI=1S/C21H19F3N4O5/c22-21(23,24)33-16-3-1-15(2-4-16)28-18(29)13-27(20(28)31)12-14-5-6-25-17(11-14)19(30)26-7-9-32-10-8-26/h1-6,11,13,29H,7-10,12H2. The van der Waals surface area contributed by atoms with Crippen LogP contribution in [0.1, 0.15) is 16.1 Å². The zero-order chi connectivity index (χ0) is 23.6. The van der Waals surface area contributed by atoms with Crippen LogP contribution in [0.4, 0.5) is 13.2 Å². The molecule has 3 aromatic rings. The highest BCUT2D eigenvalue weighted by atomic mass is 19.4. The number of carbonyl (C=O) groups is 1. The Kier molecular flexibility index (Phi) is 6.09. The number of amides is 1. The lowest BCUT2D eigenvalue weighted by Crippen LogP contribution is -2.41. The van der Waals surface area contributed by atoms with E-state index in [1.54, 1.807) is 17.0 Å². The van der Waals surface area contributed by atoms with Crippen molar-refractivity contribution < 1.29 is 32.5 Å². The van der Waals surface area contributed by atoms with Crippen LogP contribution in [-0.2, 0) is 11.3 Å². The maximum atomic E-state index is 12.8. The number of halogens is 3. The van der Waals surface area contributed by atoms with Crippen molar-refractivity contribution >= 4 is 5.91 Å². The highest BCUT2D eigenvalue weighted by Gasteiger charge is 2.31. The fourth-order valence-electron chi connectivity index (χ4n) is 3.45. The third-order valence-corrected chi connectivity index (χ3v) is 4.96. The molecule has 12 heteroatoms. The summed E-state index contributed by atoms with van der Waals surface area (Å²) in [5.41, 5.74) is 0.375. The number of pyridine rings is 1. The molecule has 0 saturated carbocycles. The van der Waals surface area contributed by atoms with E-state index in [-0.39, 0.29) is 23.8 Å².